The first-order valence-electron chi connectivity index (χ1n) is 15.5. The Kier molecular flexibility index (Phi) is 7.86. The first-order chi connectivity index (χ1) is 19.5. The smallest absolute Gasteiger partial charge is 0.166 e. The molecule has 2 fully saturated rings. The Hall–Kier alpha value is -3.28. The van der Waals surface area contributed by atoms with Crippen LogP contribution in [0.3, 0.4) is 0 Å². The van der Waals surface area contributed by atoms with Crippen molar-refractivity contribution in [2.45, 2.75) is 117 Å². The number of fused-ring (bicyclic) bond motifs is 2. The molecule has 2 aromatic heterocycles. The monoisotopic (exact) mass is 536 g/mol. The minimum atomic E-state index is 0.362. The predicted molar refractivity (Wildman–Crippen MR) is 166 cm³/mol. The van der Waals surface area contributed by atoms with Gasteiger partial charge in [-0.1, -0.05) is 51.4 Å². The van der Waals surface area contributed by atoms with Gasteiger partial charge in [-0.05, 0) is 99.9 Å². The maximum atomic E-state index is 5.31. The quantitative estimate of drug-likeness (QED) is 0.188. The van der Waals surface area contributed by atoms with Crippen molar-refractivity contribution < 1.29 is 0 Å². The summed E-state index contributed by atoms with van der Waals surface area (Å²) in [7, 11) is 0. The molecule has 0 spiro atoms. The number of benzene rings is 2. The topological polar surface area (TPSA) is 58.0 Å². The molecule has 2 saturated carbocycles. The lowest BCUT2D eigenvalue weighted by molar-refractivity contribution is 0.436. The molecule has 0 saturated heterocycles. The zero-order chi connectivity index (χ0) is 27.6. The molecule has 0 atom stereocenters. The van der Waals surface area contributed by atoms with Gasteiger partial charge in [-0.3, -0.25) is 20.0 Å². The third kappa shape index (κ3) is 5.50. The predicted octanol–water partition coefficient (Wildman–Crippen LogP) is 8.48. The second kappa shape index (κ2) is 11.7. The summed E-state index contributed by atoms with van der Waals surface area (Å²) in [6.07, 6.45) is 18.9. The van der Waals surface area contributed by atoms with Crippen molar-refractivity contribution in [3.05, 3.63) is 58.9 Å². The second-order valence-corrected chi connectivity index (χ2v) is 12.3. The van der Waals surface area contributed by atoms with E-state index in [1.165, 1.54) is 73.6 Å². The number of aryl methyl sites for hydroxylation is 4. The van der Waals surface area contributed by atoms with Gasteiger partial charge in [-0.25, -0.2) is 9.97 Å². The lowest BCUT2D eigenvalue weighted by atomic mass is 10.1. The maximum absolute atomic E-state index is 5.31. The van der Waals surface area contributed by atoms with Gasteiger partial charge >= 0.3 is 0 Å². The van der Waals surface area contributed by atoms with E-state index in [9.17, 15) is 0 Å². The third-order valence-corrected chi connectivity index (χ3v) is 9.33. The fourth-order valence-corrected chi connectivity index (χ4v) is 6.69. The van der Waals surface area contributed by atoms with Crippen LogP contribution in [0.15, 0.2) is 36.7 Å². The summed E-state index contributed by atoms with van der Waals surface area (Å²) in [6.45, 7) is 8.63. The molecule has 2 aliphatic rings. The van der Waals surface area contributed by atoms with Crippen molar-refractivity contribution in [1.29, 1.82) is 0 Å². The van der Waals surface area contributed by atoms with Gasteiger partial charge in [0.2, 0.25) is 0 Å². The van der Waals surface area contributed by atoms with Crippen LogP contribution in [0, 0.1) is 27.7 Å². The van der Waals surface area contributed by atoms with E-state index in [2.05, 4.69) is 62.0 Å². The Morgan fingerprint density at radius 3 is 1.15 bits per heavy atom. The van der Waals surface area contributed by atoms with Crippen LogP contribution in [0.5, 0.6) is 0 Å². The summed E-state index contributed by atoms with van der Waals surface area (Å²) >= 11 is 0. The lowest BCUT2D eigenvalue weighted by Crippen LogP contribution is -2.55. The van der Waals surface area contributed by atoms with E-state index in [0.717, 1.165) is 59.4 Å². The molecule has 6 rings (SSSR count). The summed E-state index contributed by atoms with van der Waals surface area (Å²) in [6, 6.07) is 9.45. The number of rotatable bonds is 5. The van der Waals surface area contributed by atoms with Crippen molar-refractivity contribution in [1.82, 2.24) is 19.9 Å². The van der Waals surface area contributed by atoms with Crippen molar-refractivity contribution in [2.24, 2.45) is 0 Å². The number of hydrogen-bond acceptors (Lipinski definition) is 6. The highest BCUT2D eigenvalue weighted by atomic mass is 15.7. The number of hydrazine groups is 1. The third-order valence-electron chi connectivity index (χ3n) is 9.33. The second-order valence-electron chi connectivity index (χ2n) is 12.3. The summed E-state index contributed by atoms with van der Waals surface area (Å²) in [5.74, 6) is 1.88. The highest BCUT2D eigenvalue weighted by Gasteiger charge is 2.34. The molecule has 6 heteroatoms. The van der Waals surface area contributed by atoms with E-state index in [1.807, 2.05) is 12.4 Å². The normalized spacial score (nSPS) is 17.6. The van der Waals surface area contributed by atoms with Crippen LogP contribution in [-0.2, 0) is 0 Å². The Bertz CT molecular complexity index is 1370. The van der Waals surface area contributed by atoms with Crippen LogP contribution < -0.4 is 10.0 Å². The number of aromatic nitrogens is 4. The summed E-state index contributed by atoms with van der Waals surface area (Å²) in [5, 5.41) is 5.03. The first kappa shape index (κ1) is 26.9. The molecule has 40 heavy (non-hydrogen) atoms. The van der Waals surface area contributed by atoms with Gasteiger partial charge in [-0.2, -0.15) is 0 Å². The zero-order valence-electron chi connectivity index (χ0n) is 24.8. The van der Waals surface area contributed by atoms with Gasteiger partial charge in [0.25, 0.3) is 0 Å². The maximum Gasteiger partial charge on any atom is 0.166 e. The van der Waals surface area contributed by atoms with Crippen LogP contribution >= 0.6 is 0 Å². The van der Waals surface area contributed by atoms with Gasteiger partial charge in [0.05, 0.1) is 46.5 Å². The van der Waals surface area contributed by atoms with E-state index < -0.39 is 0 Å². The largest absolute Gasteiger partial charge is 0.262 e. The Balaban J connectivity index is 1.53. The standard InChI is InChI=1S/C34H44N6/c1-23-17-29-31(19-25(23)3)37-33(21-35-29)39(27-13-9-5-6-10-14-27)40(28-15-11-7-8-12-16-28)34-22-36-30-18-24(2)26(4)20-32(30)38-34/h17-22,27-28H,5-16H2,1-4H3. The van der Waals surface area contributed by atoms with Crippen LogP contribution in [0.4, 0.5) is 11.6 Å². The van der Waals surface area contributed by atoms with Gasteiger partial charge in [0.15, 0.2) is 11.6 Å². The molecule has 0 radical (unpaired) electrons. The van der Waals surface area contributed by atoms with E-state index >= 15 is 0 Å². The highest BCUT2D eigenvalue weighted by Crippen LogP contribution is 2.35. The van der Waals surface area contributed by atoms with Crippen LogP contribution in [-0.4, -0.2) is 32.0 Å². The van der Waals surface area contributed by atoms with Gasteiger partial charge in [-0.15, -0.1) is 0 Å². The lowest BCUT2D eigenvalue weighted by Gasteiger charge is -2.45. The molecule has 0 unspecified atom stereocenters. The average molecular weight is 537 g/mol. The Labute approximate surface area is 239 Å². The minimum Gasteiger partial charge on any atom is -0.262 e. The first-order valence-corrected chi connectivity index (χ1v) is 15.5. The fourth-order valence-electron chi connectivity index (χ4n) is 6.69. The molecule has 2 aliphatic carbocycles. The molecule has 0 bridgehead atoms. The van der Waals surface area contributed by atoms with E-state index in [4.69, 9.17) is 19.9 Å². The molecule has 0 amide bonds. The molecule has 6 nitrogen and oxygen atoms in total. The molecule has 0 aliphatic heterocycles. The van der Waals surface area contributed by atoms with Crippen LogP contribution in [0.25, 0.3) is 22.1 Å². The van der Waals surface area contributed by atoms with Crippen molar-refractivity contribution in [3.63, 3.8) is 0 Å². The average Bonchev–Trinajstić information content (AvgIpc) is 3.38. The summed E-state index contributed by atoms with van der Waals surface area (Å²) < 4.78 is 0. The van der Waals surface area contributed by atoms with Crippen molar-refractivity contribution in [2.75, 3.05) is 10.0 Å². The number of hydrogen-bond donors (Lipinski definition) is 0. The molecule has 2 heterocycles. The van der Waals surface area contributed by atoms with E-state index in [1.54, 1.807) is 0 Å². The zero-order valence-corrected chi connectivity index (χ0v) is 24.8. The SMILES string of the molecule is Cc1cc2ncc(N(C3CCCCCC3)N(c3cnc4cc(C)c(C)cc4n3)C3CCCCCC3)nc2cc1C. The van der Waals surface area contributed by atoms with E-state index in [-0.39, 0.29) is 0 Å². The van der Waals surface area contributed by atoms with Crippen LogP contribution in [0.1, 0.15) is 99.3 Å². The van der Waals surface area contributed by atoms with Crippen molar-refractivity contribution in [3.8, 4) is 0 Å². The van der Waals surface area contributed by atoms with Crippen molar-refractivity contribution >= 4 is 33.7 Å². The summed E-state index contributed by atoms with van der Waals surface area (Å²) in [5.41, 5.74) is 8.89. The number of anilines is 2. The molecular weight excluding hydrogens is 492 g/mol. The Morgan fingerprint density at radius 2 is 0.800 bits per heavy atom. The molecule has 4 aromatic rings. The fraction of sp³-hybridized carbons (Fsp3) is 0.529. The Morgan fingerprint density at radius 1 is 0.475 bits per heavy atom. The highest BCUT2D eigenvalue weighted by molar-refractivity contribution is 5.79. The van der Waals surface area contributed by atoms with Gasteiger partial charge in [0, 0.05) is 0 Å². The molecule has 2 aromatic carbocycles. The minimum absolute atomic E-state index is 0.362. The van der Waals surface area contributed by atoms with E-state index in [0.29, 0.717) is 12.1 Å². The number of nitrogens with zero attached hydrogens (tertiary/aromatic N) is 6. The molecule has 0 N–H and O–H groups in total. The van der Waals surface area contributed by atoms with Gasteiger partial charge in [0.1, 0.15) is 0 Å². The molecular formula is C34H44N6. The van der Waals surface area contributed by atoms with Gasteiger partial charge < -0.3 is 0 Å². The van der Waals surface area contributed by atoms with Crippen LogP contribution in [0.2, 0.25) is 0 Å². The summed E-state index contributed by atoms with van der Waals surface area (Å²) in [4.78, 5) is 20.6. The molecule has 210 valence electrons.